The van der Waals surface area contributed by atoms with Crippen LogP contribution in [0.4, 0.5) is 8.78 Å². The minimum absolute atomic E-state index is 0. The molecule has 0 bridgehead atoms. The molecule has 0 unspecified atom stereocenters. The molecule has 0 saturated carbocycles. The number of carbonyl (C=O) groups is 1. The Hall–Kier alpha value is -0.620. The Morgan fingerprint density at radius 3 is 2.53 bits per heavy atom. The first-order chi connectivity index (χ1) is 8.34. The Kier molecular flexibility index (Phi) is 7.59. The molecule has 0 spiro atoms. The van der Waals surface area contributed by atoms with Gasteiger partial charge in [0, 0.05) is 10.0 Å². The summed E-state index contributed by atoms with van der Waals surface area (Å²) in [5.41, 5.74) is 5.37. The molecular weight excluding hydrogens is 320 g/mol. The van der Waals surface area contributed by atoms with Gasteiger partial charge in [-0.25, -0.2) is 8.78 Å². The molecule has 1 aromatic carbocycles. The lowest BCUT2D eigenvalue weighted by molar-refractivity contribution is -0.122. The summed E-state index contributed by atoms with van der Waals surface area (Å²) >= 11 is 11.6. The van der Waals surface area contributed by atoms with E-state index in [1.54, 1.807) is 12.1 Å². The van der Waals surface area contributed by atoms with E-state index in [-0.39, 0.29) is 18.8 Å². The van der Waals surface area contributed by atoms with Gasteiger partial charge in [0.25, 0.3) is 5.92 Å². The summed E-state index contributed by atoms with van der Waals surface area (Å²) in [4.78, 5) is 11.4. The van der Waals surface area contributed by atoms with Crippen LogP contribution in [0.15, 0.2) is 18.2 Å². The van der Waals surface area contributed by atoms with E-state index in [4.69, 9.17) is 28.9 Å². The molecule has 0 aromatic heterocycles. The summed E-state index contributed by atoms with van der Waals surface area (Å²) in [6, 6.07) is 4.63. The highest BCUT2D eigenvalue weighted by Gasteiger charge is 2.27. The number of hydrogen-bond acceptors (Lipinski definition) is 2. The van der Waals surface area contributed by atoms with E-state index >= 15 is 0 Å². The first-order valence-corrected chi connectivity index (χ1v) is 5.88. The normalized spacial score (nSPS) is 10.8. The number of amides is 1. The maximum atomic E-state index is 12.8. The lowest BCUT2D eigenvalue weighted by atomic mass is 10.1. The molecular formula is C11H13Cl3F2N2O. The molecule has 19 heavy (non-hydrogen) atoms. The van der Waals surface area contributed by atoms with E-state index in [0.29, 0.717) is 15.6 Å². The smallest absolute Gasteiger partial charge is 0.277 e. The van der Waals surface area contributed by atoms with Crippen LogP contribution >= 0.6 is 35.6 Å². The average molecular weight is 334 g/mol. The Morgan fingerprint density at radius 2 is 2.00 bits per heavy atom. The van der Waals surface area contributed by atoms with Crippen LogP contribution in [0.1, 0.15) is 5.56 Å². The van der Waals surface area contributed by atoms with E-state index in [1.807, 2.05) is 0 Å². The highest BCUT2D eigenvalue weighted by Crippen LogP contribution is 2.21. The fraction of sp³-hybridized carbons (Fsp3) is 0.364. The SMILES string of the molecule is Cl.NCC(F)(F)CNC(=O)Cc1ccc(Cl)cc1Cl. The second-order valence-electron chi connectivity index (χ2n) is 3.75. The number of alkyl halides is 2. The van der Waals surface area contributed by atoms with E-state index < -0.39 is 24.9 Å². The summed E-state index contributed by atoms with van der Waals surface area (Å²) in [7, 11) is 0. The second-order valence-corrected chi connectivity index (χ2v) is 4.59. The molecule has 0 radical (unpaired) electrons. The van der Waals surface area contributed by atoms with Gasteiger partial charge >= 0.3 is 0 Å². The fourth-order valence-electron chi connectivity index (χ4n) is 1.20. The van der Waals surface area contributed by atoms with Gasteiger partial charge in [0.2, 0.25) is 5.91 Å². The van der Waals surface area contributed by atoms with Gasteiger partial charge in [-0.3, -0.25) is 4.79 Å². The molecule has 0 aliphatic heterocycles. The van der Waals surface area contributed by atoms with E-state index in [0.717, 1.165) is 0 Å². The summed E-state index contributed by atoms with van der Waals surface area (Å²) in [6.07, 6.45) is -0.0867. The van der Waals surface area contributed by atoms with Crippen LogP contribution < -0.4 is 11.1 Å². The van der Waals surface area contributed by atoms with E-state index in [1.165, 1.54) is 6.07 Å². The van der Waals surface area contributed by atoms with Gasteiger partial charge in [-0.15, -0.1) is 12.4 Å². The quantitative estimate of drug-likeness (QED) is 0.870. The zero-order chi connectivity index (χ0) is 13.8. The molecule has 0 saturated heterocycles. The Labute approximate surface area is 125 Å². The number of rotatable bonds is 5. The molecule has 108 valence electrons. The standard InChI is InChI=1S/C11H12Cl2F2N2O.ClH/c12-8-2-1-7(9(13)4-8)3-10(18)17-6-11(14,15)5-16;/h1-2,4H,3,5-6,16H2,(H,17,18);1H. The number of halogens is 5. The van der Waals surface area contributed by atoms with Crippen molar-refractivity contribution in [3.8, 4) is 0 Å². The minimum Gasteiger partial charge on any atom is -0.350 e. The molecule has 1 rings (SSSR count). The van der Waals surface area contributed by atoms with E-state index in [9.17, 15) is 13.6 Å². The lowest BCUT2D eigenvalue weighted by Gasteiger charge is -2.14. The van der Waals surface area contributed by atoms with Crippen LogP contribution in [0.5, 0.6) is 0 Å². The number of nitrogens with two attached hydrogens (primary N) is 1. The predicted molar refractivity (Wildman–Crippen MR) is 74.4 cm³/mol. The van der Waals surface area contributed by atoms with Crippen molar-refractivity contribution in [1.82, 2.24) is 5.32 Å². The average Bonchev–Trinajstić information content (AvgIpc) is 2.30. The van der Waals surface area contributed by atoms with Gasteiger partial charge in [-0.2, -0.15) is 0 Å². The number of carbonyl (C=O) groups excluding carboxylic acids is 1. The van der Waals surface area contributed by atoms with Crippen LogP contribution in [0, 0.1) is 0 Å². The van der Waals surface area contributed by atoms with Crippen molar-refractivity contribution in [2.24, 2.45) is 5.73 Å². The molecule has 3 N–H and O–H groups in total. The summed E-state index contributed by atoms with van der Waals surface area (Å²) in [6.45, 7) is -1.59. The molecule has 1 aromatic rings. The first kappa shape index (κ1) is 18.4. The third kappa shape index (κ3) is 6.38. The van der Waals surface area contributed by atoms with Crippen molar-refractivity contribution in [3.63, 3.8) is 0 Å². The minimum atomic E-state index is -3.10. The molecule has 0 heterocycles. The van der Waals surface area contributed by atoms with Crippen molar-refractivity contribution in [2.45, 2.75) is 12.3 Å². The lowest BCUT2D eigenvalue weighted by Crippen LogP contribution is -2.42. The van der Waals surface area contributed by atoms with Crippen molar-refractivity contribution in [1.29, 1.82) is 0 Å². The van der Waals surface area contributed by atoms with Gasteiger partial charge in [-0.1, -0.05) is 29.3 Å². The predicted octanol–water partition coefficient (Wildman–Crippen LogP) is 2.67. The van der Waals surface area contributed by atoms with Gasteiger partial charge in [0.05, 0.1) is 19.5 Å². The van der Waals surface area contributed by atoms with Gasteiger partial charge in [-0.05, 0) is 17.7 Å². The van der Waals surface area contributed by atoms with E-state index in [2.05, 4.69) is 5.32 Å². The molecule has 8 heteroatoms. The third-order valence-corrected chi connectivity index (χ3v) is 2.80. The maximum absolute atomic E-state index is 12.8. The monoisotopic (exact) mass is 332 g/mol. The Balaban J connectivity index is 0.00000324. The van der Waals surface area contributed by atoms with Crippen molar-refractivity contribution >= 4 is 41.5 Å². The van der Waals surface area contributed by atoms with Crippen molar-refractivity contribution in [3.05, 3.63) is 33.8 Å². The number of benzene rings is 1. The van der Waals surface area contributed by atoms with Crippen LogP contribution in [-0.4, -0.2) is 24.9 Å². The summed E-state index contributed by atoms with van der Waals surface area (Å²) in [5.74, 6) is -3.65. The molecule has 0 atom stereocenters. The Bertz CT molecular complexity index is 444. The van der Waals surface area contributed by atoms with Gasteiger partial charge in [0.15, 0.2) is 0 Å². The Morgan fingerprint density at radius 1 is 1.37 bits per heavy atom. The topological polar surface area (TPSA) is 55.1 Å². The number of hydrogen-bond donors (Lipinski definition) is 2. The second kappa shape index (κ2) is 7.85. The van der Waals surface area contributed by atoms with Crippen LogP contribution in [-0.2, 0) is 11.2 Å². The third-order valence-electron chi connectivity index (χ3n) is 2.21. The van der Waals surface area contributed by atoms with Gasteiger partial charge in [0.1, 0.15) is 0 Å². The molecule has 1 amide bonds. The maximum Gasteiger partial charge on any atom is 0.277 e. The zero-order valence-electron chi connectivity index (χ0n) is 9.76. The first-order valence-electron chi connectivity index (χ1n) is 5.12. The zero-order valence-corrected chi connectivity index (χ0v) is 12.1. The summed E-state index contributed by atoms with van der Waals surface area (Å²) in [5, 5.41) is 2.87. The largest absolute Gasteiger partial charge is 0.350 e. The fourth-order valence-corrected chi connectivity index (χ4v) is 1.68. The van der Waals surface area contributed by atoms with Crippen LogP contribution in [0.25, 0.3) is 0 Å². The van der Waals surface area contributed by atoms with Crippen LogP contribution in [0.2, 0.25) is 10.0 Å². The van der Waals surface area contributed by atoms with Crippen LogP contribution in [0.3, 0.4) is 0 Å². The molecule has 0 aliphatic carbocycles. The van der Waals surface area contributed by atoms with Crippen molar-refractivity contribution < 1.29 is 13.6 Å². The highest BCUT2D eigenvalue weighted by molar-refractivity contribution is 6.35. The summed E-state index contributed by atoms with van der Waals surface area (Å²) < 4.78 is 25.6. The molecule has 0 fully saturated rings. The molecule has 0 aliphatic rings. The molecule has 3 nitrogen and oxygen atoms in total. The highest BCUT2D eigenvalue weighted by atomic mass is 35.5. The van der Waals surface area contributed by atoms with Gasteiger partial charge < -0.3 is 11.1 Å². The number of nitrogens with one attached hydrogen (secondary N) is 1. The van der Waals surface area contributed by atoms with Crippen molar-refractivity contribution in [2.75, 3.05) is 13.1 Å².